The van der Waals surface area contributed by atoms with Gasteiger partial charge in [0.2, 0.25) is 5.96 Å². The number of amides is 1. The van der Waals surface area contributed by atoms with Crippen molar-refractivity contribution in [2.45, 2.75) is 17.4 Å². The number of alkyl carbamates (subject to hydrolysis) is 1. The van der Waals surface area contributed by atoms with E-state index in [9.17, 15) is 4.79 Å². The normalized spacial score (nSPS) is 18.2. The van der Waals surface area contributed by atoms with E-state index in [2.05, 4.69) is 38.8 Å². The zero-order valence-corrected chi connectivity index (χ0v) is 11.8. The molecule has 19 heavy (non-hydrogen) atoms. The molecule has 0 saturated heterocycles. The molecule has 1 heterocycles. The van der Waals surface area contributed by atoms with Crippen LogP contribution in [0.1, 0.15) is 18.0 Å². The smallest absolute Gasteiger partial charge is 0.413 e. The van der Waals surface area contributed by atoms with Gasteiger partial charge in [0.05, 0.1) is 13.2 Å². The fourth-order valence-electron chi connectivity index (χ4n) is 2.00. The molecule has 2 N–H and O–H groups in total. The lowest BCUT2D eigenvalue weighted by Gasteiger charge is -2.26. The van der Waals surface area contributed by atoms with Crippen LogP contribution in [0, 0.1) is 0 Å². The van der Waals surface area contributed by atoms with E-state index >= 15 is 0 Å². The summed E-state index contributed by atoms with van der Waals surface area (Å²) in [6.07, 6.45) is 2.46. The molecule has 1 aromatic rings. The van der Waals surface area contributed by atoms with Crippen molar-refractivity contribution in [1.82, 2.24) is 10.6 Å². The van der Waals surface area contributed by atoms with Gasteiger partial charge in [0.25, 0.3) is 0 Å². The molecule has 1 atom stereocenters. The number of hydrogen-bond acceptors (Lipinski definition) is 5. The van der Waals surface area contributed by atoms with Crippen LogP contribution in [-0.2, 0) is 4.74 Å². The molecule has 2 rings (SSSR count). The summed E-state index contributed by atoms with van der Waals surface area (Å²) in [5, 5.41) is 5.81. The average molecular weight is 279 g/mol. The van der Waals surface area contributed by atoms with Gasteiger partial charge in [0.15, 0.2) is 0 Å². The predicted octanol–water partition coefficient (Wildman–Crippen LogP) is 2.15. The van der Waals surface area contributed by atoms with E-state index in [4.69, 9.17) is 0 Å². The van der Waals surface area contributed by atoms with Gasteiger partial charge in [0.1, 0.15) is 0 Å². The first-order chi connectivity index (χ1) is 9.24. The zero-order valence-electron chi connectivity index (χ0n) is 11.0. The molecule has 1 amide bonds. The Bertz CT molecular complexity index is 491. The van der Waals surface area contributed by atoms with Crippen molar-refractivity contribution < 1.29 is 9.53 Å². The highest BCUT2D eigenvalue weighted by Gasteiger charge is 2.20. The second-order valence-electron chi connectivity index (χ2n) is 4.07. The number of carbonyl (C=O) groups excluding carboxylic acids is 1. The molecule has 0 fully saturated rings. The first-order valence-corrected chi connectivity index (χ1v) is 7.26. The van der Waals surface area contributed by atoms with Crippen LogP contribution in [0.25, 0.3) is 0 Å². The van der Waals surface area contributed by atoms with Gasteiger partial charge in [-0.05, 0) is 24.3 Å². The Morgan fingerprint density at radius 1 is 1.53 bits per heavy atom. The molecule has 0 radical (unpaired) electrons. The summed E-state index contributed by atoms with van der Waals surface area (Å²) in [4.78, 5) is 16.7. The highest BCUT2D eigenvalue weighted by molar-refractivity contribution is 7.98. The number of methoxy groups -OCH3 is 1. The second-order valence-corrected chi connectivity index (χ2v) is 4.92. The Morgan fingerprint density at radius 3 is 3.05 bits per heavy atom. The molecule has 0 spiro atoms. The van der Waals surface area contributed by atoms with Crippen molar-refractivity contribution in [3.63, 3.8) is 0 Å². The number of hydrogen-bond donors (Lipinski definition) is 2. The van der Waals surface area contributed by atoms with Gasteiger partial charge < -0.3 is 10.1 Å². The molecule has 0 aliphatic carbocycles. The summed E-state index contributed by atoms with van der Waals surface area (Å²) in [6, 6.07) is 8.41. The third kappa shape index (κ3) is 3.41. The van der Waals surface area contributed by atoms with Crippen molar-refractivity contribution in [2.24, 2.45) is 4.99 Å². The molecule has 1 aromatic carbocycles. The number of benzene rings is 1. The Hall–Kier alpha value is -1.69. The maximum absolute atomic E-state index is 11.2. The average Bonchev–Trinajstić information content (AvgIpc) is 2.47. The standard InChI is InChI=1S/C13H17N3O2S/c1-18-13(17)16-12-14-8-7-10(15-12)9-5-3-4-6-11(9)19-2/h3-6,10H,7-8H2,1-2H3,(H2,14,15,16,17). The van der Waals surface area contributed by atoms with Crippen molar-refractivity contribution in [3.8, 4) is 0 Å². The summed E-state index contributed by atoms with van der Waals surface area (Å²) in [5.74, 6) is 0.471. The van der Waals surface area contributed by atoms with E-state index in [-0.39, 0.29) is 6.04 Å². The molecule has 102 valence electrons. The number of nitrogens with one attached hydrogen (secondary N) is 2. The van der Waals surface area contributed by atoms with Crippen LogP contribution in [0.4, 0.5) is 4.79 Å². The second kappa shape index (κ2) is 6.47. The molecule has 1 aliphatic heterocycles. The number of rotatable bonds is 2. The number of thioether (sulfide) groups is 1. The minimum atomic E-state index is -0.509. The van der Waals surface area contributed by atoms with Crippen LogP contribution in [0.2, 0.25) is 0 Å². The number of guanidine groups is 1. The molecule has 0 bridgehead atoms. The first kappa shape index (κ1) is 13.7. The molecule has 1 unspecified atom stereocenters. The van der Waals surface area contributed by atoms with E-state index in [0.717, 1.165) is 6.42 Å². The van der Waals surface area contributed by atoms with Gasteiger partial charge in [0, 0.05) is 11.4 Å². The lowest BCUT2D eigenvalue weighted by Crippen LogP contribution is -2.45. The molecular formula is C13H17N3O2S. The monoisotopic (exact) mass is 279 g/mol. The Labute approximate surface area is 116 Å². The van der Waals surface area contributed by atoms with Crippen molar-refractivity contribution in [2.75, 3.05) is 19.9 Å². The Balaban J connectivity index is 2.11. The van der Waals surface area contributed by atoms with Gasteiger partial charge in [-0.25, -0.2) is 4.79 Å². The topological polar surface area (TPSA) is 62.7 Å². The third-order valence-corrected chi connectivity index (χ3v) is 3.73. The lowest BCUT2D eigenvalue weighted by molar-refractivity contribution is 0.176. The Morgan fingerprint density at radius 2 is 2.32 bits per heavy atom. The summed E-state index contributed by atoms with van der Waals surface area (Å²) >= 11 is 1.72. The number of ether oxygens (including phenoxy) is 1. The molecule has 0 aromatic heterocycles. The maximum atomic E-state index is 11.2. The summed E-state index contributed by atoms with van der Waals surface area (Å²) in [7, 11) is 1.33. The maximum Gasteiger partial charge on any atom is 0.413 e. The first-order valence-electron chi connectivity index (χ1n) is 6.03. The van der Waals surface area contributed by atoms with E-state index in [1.165, 1.54) is 17.6 Å². The SMILES string of the molecule is COC(=O)NC1=NCCC(c2ccccc2SC)N1. The third-order valence-electron chi connectivity index (χ3n) is 2.92. The number of aliphatic imine (C=N–C) groups is 1. The summed E-state index contributed by atoms with van der Waals surface area (Å²) in [5.41, 5.74) is 1.23. The van der Waals surface area contributed by atoms with Gasteiger partial charge in [-0.15, -0.1) is 11.8 Å². The highest BCUT2D eigenvalue weighted by Crippen LogP contribution is 2.28. The van der Waals surface area contributed by atoms with E-state index in [0.29, 0.717) is 12.5 Å². The van der Waals surface area contributed by atoms with Crippen molar-refractivity contribution in [1.29, 1.82) is 0 Å². The fourth-order valence-corrected chi connectivity index (χ4v) is 2.66. The molecule has 5 nitrogen and oxygen atoms in total. The summed E-state index contributed by atoms with van der Waals surface area (Å²) in [6.45, 7) is 0.680. The molecule has 6 heteroatoms. The van der Waals surface area contributed by atoms with Gasteiger partial charge in [-0.3, -0.25) is 10.3 Å². The van der Waals surface area contributed by atoms with Crippen molar-refractivity contribution >= 4 is 23.8 Å². The van der Waals surface area contributed by atoms with E-state index in [1.807, 2.05) is 12.1 Å². The largest absolute Gasteiger partial charge is 0.453 e. The van der Waals surface area contributed by atoms with Gasteiger partial charge >= 0.3 is 6.09 Å². The van der Waals surface area contributed by atoms with Crippen LogP contribution < -0.4 is 10.6 Å². The van der Waals surface area contributed by atoms with Crippen molar-refractivity contribution in [3.05, 3.63) is 29.8 Å². The molecular weight excluding hydrogens is 262 g/mol. The highest BCUT2D eigenvalue weighted by atomic mass is 32.2. The minimum Gasteiger partial charge on any atom is -0.453 e. The molecule has 1 aliphatic rings. The van der Waals surface area contributed by atoms with Gasteiger partial charge in [-0.2, -0.15) is 0 Å². The lowest BCUT2D eigenvalue weighted by atomic mass is 10.0. The fraction of sp³-hybridized carbons (Fsp3) is 0.385. The van der Waals surface area contributed by atoms with Crippen LogP contribution in [-0.4, -0.2) is 32.0 Å². The number of carbonyl (C=O) groups is 1. The quantitative estimate of drug-likeness (QED) is 0.814. The van der Waals surface area contributed by atoms with Gasteiger partial charge in [-0.1, -0.05) is 18.2 Å². The predicted molar refractivity (Wildman–Crippen MR) is 76.6 cm³/mol. The van der Waals surface area contributed by atoms with E-state index in [1.54, 1.807) is 11.8 Å². The van der Waals surface area contributed by atoms with Crippen LogP contribution >= 0.6 is 11.8 Å². The summed E-state index contributed by atoms with van der Waals surface area (Å²) < 4.78 is 4.56. The van der Waals surface area contributed by atoms with E-state index < -0.39 is 6.09 Å². The van der Waals surface area contributed by atoms with Crippen LogP contribution in [0.5, 0.6) is 0 Å². The Kier molecular flexibility index (Phi) is 4.68. The van der Waals surface area contributed by atoms with Crippen LogP contribution in [0.15, 0.2) is 34.2 Å². The zero-order chi connectivity index (χ0) is 13.7. The number of nitrogens with zero attached hydrogens (tertiary/aromatic N) is 1. The van der Waals surface area contributed by atoms with Crippen LogP contribution in [0.3, 0.4) is 0 Å². The molecule has 0 saturated carbocycles. The minimum absolute atomic E-state index is 0.160.